The van der Waals surface area contributed by atoms with Gasteiger partial charge in [0.2, 0.25) is 0 Å². The Hall–Kier alpha value is -0.820. The standard InChI is InChI=1S/C15H23IN2O2/c1-10(2)14(17)7-8-18(3)15(19)12-6-5-11(20-4)9-13(12)16/h5-6,9-10,14H,7-8,17H2,1-4H3. The van der Waals surface area contributed by atoms with Crippen molar-refractivity contribution in [1.82, 2.24) is 4.90 Å². The summed E-state index contributed by atoms with van der Waals surface area (Å²) < 4.78 is 6.04. The zero-order valence-corrected chi connectivity index (χ0v) is 14.7. The molecular formula is C15H23IN2O2. The van der Waals surface area contributed by atoms with E-state index in [9.17, 15) is 4.79 Å². The first kappa shape index (κ1) is 17.2. The molecule has 1 amide bonds. The van der Waals surface area contributed by atoms with Crippen LogP contribution in [0.3, 0.4) is 0 Å². The number of carbonyl (C=O) groups excluding carboxylic acids is 1. The van der Waals surface area contributed by atoms with Gasteiger partial charge in [-0.25, -0.2) is 0 Å². The van der Waals surface area contributed by atoms with Gasteiger partial charge in [-0.05, 0) is 53.1 Å². The van der Waals surface area contributed by atoms with Crippen LogP contribution in [0.25, 0.3) is 0 Å². The lowest BCUT2D eigenvalue weighted by Gasteiger charge is -2.22. The molecule has 1 unspecified atom stereocenters. The number of nitrogens with zero attached hydrogens (tertiary/aromatic N) is 1. The van der Waals surface area contributed by atoms with Crippen molar-refractivity contribution >= 4 is 28.5 Å². The molecule has 0 aliphatic rings. The highest BCUT2D eigenvalue weighted by molar-refractivity contribution is 14.1. The summed E-state index contributed by atoms with van der Waals surface area (Å²) in [6.07, 6.45) is 0.812. The quantitative estimate of drug-likeness (QED) is 0.761. The van der Waals surface area contributed by atoms with Gasteiger partial charge in [0.05, 0.1) is 12.7 Å². The maximum absolute atomic E-state index is 12.4. The summed E-state index contributed by atoms with van der Waals surface area (Å²) in [5, 5.41) is 0. The lowest BCUT2D eigenvalue weighted by Crippen LogP contribution is -2.34. The van der Waals surface area contributed by atoms with Gasteiger partial charge >= 0.3 is 0 Å². The highest BCUT2D eigenvalue weighted by atomic mass is 127. The third-order valence-corrected chi connectivity index (χ3v) is 4.30. The van der Waals surface area contributed by atoms with Gasteiger partial charge in [0, 0.05) is 23.2 Å². The fourth-order valence-electron chi connectivity index (χ4n) is 1.78. The van der Waals surface area contributed by atoms with Gasteiger partial charge in [-0.1, -0.05) is 13.8 Å². The van der Waals surface area contributed by atoms with Crippen molar-refractivity contribution < 1.29 is 9.53 Å². The van der Waals surface area contributed by atoms with Crippen LogP contribution in [0.5, 0.6) is 5.75 Å². The van der Waals surface area contributed by atoms with Crippen LogP contribution in [0, 0.1) is 9.49 Å². The number of halogens is 1. The fraction of sp³-hybridized carbons (Fsp3) is 0.533. The van der Waals surface area contributed by atoms with Crippen LogP contribution < -0.4 is 10.5 Å². The second kappa shape index (κ2) is 7.83. The minimum Gasteiger partial charge on any atom is -0.497 e. The van der Waals surface area contributed by atoms with Crippen LogP contribution in [-0.2, 0) is 0 Å². The molecule has 0 radical (unpaired) electrons. The number of benzene rings is 1. The molecule has 1 rings (SSSR count). The average molecular weight is 390 g/mol. The van der Waals surface area contributed by atoms with Crippen molar-refractivity contribution in [3.63, 3.8) is 0 Å². The Labute approximate surface area is 134 Å². The SMILES string of the molecule is COc1ccc(C(=O)N(C)CCC(N)C(C)C)c(I)c1. The van der Waals surface area contributed by atoms with E-state index >= 15 is 0 Å². The minimum atomic E-state index is 0.0213. The first-order chi connectivity index (χ1) is 9.36. The molecule has 0 heterocycles. The van der Waals surface area contributed by atoms with Crippen LogP contribution in [0.1, 0.15) is 30.6 Å². The molecule has 1 aromatic carbocycles. The first-order valence-corrected chi connectivity index (χ1v) is 7.79. The van der Waals surface area contributed by atoms with E-state index < -0.39 is 0 Å². The second-order valence-corrected chi connectivity index (χ2v) is 6.43. The number of amides is 1. The molecule has 2 N–H and O–H groups in total. The Morgan fingerprint density at radius 3 is 2.60 bits per heavy atom. The van der Waals surface area contributed by atoms with Crippen LogP contribution in [0.2, 0.25) is 0 Å². The van der Waals surface area contributed by atoms with Gasteiger partial charge in [0.25, 0.3) is 5.91 Å². The monoisotopic (exact) mass is 390 g/mol. The third kappa shape index (κ3) is 4.63. The maximum Gasteiger partial charge on any atom is 0.254 e. The summed E-state index contributed by atoms with van der Waals surface area (Å²) in [7, 11) is 3.43. The maximum atomic E-state index is 12.4. The molecule has 0 fully saturated rings. The number of rotatable bonds is 6. The largest absolute Gasteiger partial charge is 0.497 e. The lowest BCUT2D eigenvalue weighted by molar-refractivity contribution is 0.0788. The van der Waals surface area contributed by atoms with Crippen molar-refractivity contribution in [1.29, 1.82) is 0 Å². The number of ether oxygens (including phenoxy) is 1. The van der Waals surface area contributed by atoms with E-state index in [0.717, 1.165) is 15.7 Å². The number of carbonyl (C=O) groups is 1. The van der Waals surface area contributed by atoms with E-state index in [0.29, 0.717) is 18.0 Å². The van der Waals surface area contributed by atoms with Crippen molar-refractivity contribution in [2.45, 2.75) is 26.3 Å². The average Bonchev–Trinajstić information content (AvgIpc) is 2.43. The van der Waals surface area contributed by atoms with E-state index in [1.807, 2.05) is 25.2 Å². The molecule has 20 heavy (non-hydrogen) atoms. The molecule has 1 aromatic rings. The summed E-state index contributed by atoms with van der Waals surface area (Å²) in [5.74, 6) is 1.21. The predicted molar refractivity (Wildman–Crippen MR) is 90.1 cm³/mol. The smallest absolute Gasteiger partial charge is 0.254 e. The van der Waals surface area contributed by atoms with Crippen molar-refractivity contribution in [3.8, 4) is 5.75 Å². The summed E-state index contributed by atoms with van der Waals surface area (Å²) >= 11 is 2.16. The Bertz CT molecular complexity index is 463. The van der Waals surface area contributed by atoms with E-state index in [1.54, 1.807) is 12.0 Å². The van der Waals surface area contributed by atoms with Gasteiger partial charge in [-0.3, -0.25) is 4.79 Å². The van der Waals surface area contributed by atoms with Crippen LogP contribution in [0.4, 0.5) is 0 Å². The topological polar surface area (TPSA) is 55.6 Å². The lowest BCUT2D eigenvalue weighted by atomic mass is 10.0. The van der Waals surface area contributed by atoms with Crippen molar-refractivity contribution in [3.05, 3.63) is 27.3 Å². The highest BCUT2D eigenvalue weighted by Gasteiger charge is 2.17. The number of methoxy groups -OCH3 is 1. The zero-order chi connectivity index (χ0) is 15.3. The normalized spacial score (nSPS) is 12.3. The zero-order valence-electron chi connectivity index (χ0n) is 12.5. The first-order valence-electron chi connectivity index (χ1n) is 6.71. The molecule has 0 bridgehead atoms. The molecular weight excluding hydrogens is 367 g/mol. The van der Waals surface area contributed by atoms with Crippen LogP contribution in [-0.4, -0.2) is 37.6 Å². The van der Waals surface area contributed by atoms with Gasteiger partial charge in [0.1, 0.15) is 5.75 Å². The van der Waals surface area contributed by atoms with Gasteiger partial charge in [-0.15, -0.1) is 0 Å². The van der Waals surface area contributed by atoms with Gasteiger partial charge < -0.3 is 15.4 Å². The molecule has 0 aliphatic carbocycles. The Balaban J connectivity index is 2.69. The van der Waals surface area contributed by atoms with Gasteiger partial charge in [0.15, 0.2) is 0 Å². The van der Waals surface area contributed by atoms with E-state index in [-0.39, 0.29) is 11.9 Å². The predicted octanol–water partition coefficient (Wildman–Crippen LogP) is 2.75. The summed E-state index contributed by atoms with van der Waals surface area (Å²) in [6.45, 7) is 4.86. The molecule has 0 aliphatic heterocycles. The molecule has 5 heteroatoms. The van der Waals surface area contributed by atoms with Gasteiger partial charge in [-0.2, -0.15) is 0 Å². The summed E-state index contributed by atoms with van der Waals surface area (Å²) in [5.41, 5.74) is 6.72. The fourth-order valence-corrected chi connectivity index (χ4v) is 2.50. The molecule has 0 saturated carbocycles. The van der Waals surface area contributed by atoms with Crippen LogP contribution in [0.15, 0.2) is 18.2 Å². The number of nitrogens with two attached hydrogens (primary N) is 1. The Kier molecular flexibility index (Phi) is 6.75. The molecule has 1 atom stereocenters. The van der Waals surface area contributed by atoms with E-state index in [1.165, 1.54) is 0 Å². The third-order valence-electron chi connectivity index (χ3n) is 3.41. The van der Waals surface area contributed by atoms with E-state index in [4.69, 9.17) is 10.5 Å². The van der Waals surface area contributed by atoms with Crippen molar-refractivity contribution in [2.75, 3.05) is 20.7 Å². The summed E-state index contributed by atoms with van der Waals surface area (Å²) in [4.78, 5) is 14.1. The van der Waals surface area contributed by atoms with E-state index in [2.05, 4.69) is 36.4 Å². The summed E-state index contributed by atoms with van der Waals surface area (Å²) in [6, 6.07) is 5.60. The molecule has 112 valence electrons. The highest BCUT2D eigenvalue weighted by Crippen LogP contribution is 2.20. The molecule has 0 saturated heterocycles. The molecule has 0 spiro atoms. The Morgan fingerprint density at radius 2 is 2.10 bits per heavy atom. The van der Waals surface area contributed by atoms with Crippen molar-refractivity contribution in [2.24, 2.45) is 11.7 Å². The molecule has 0 aromatic heterocycles. The second-order valence-electron chi connectivity index (χ2n) is 5.27. The minimum absolute atomic E-state index is 0.0213. The Morgan fingerprint density at radius 1 is 1.45 bits per heavy atom. The number of hydrogen-bond donors (Lipinski definition) is 1. The molecule has 4 nitrogen and oxygen atoms in total. The number of hydrogen-bond acceptors (Lipinski definition) is 3. The van der Waals surface area contributed by atoms with Crippen LogP contribution >= 0.6 is 22.6 Å².